The molecule has 0 spiro atoms. The smallest absolute Gasteiger partial charge is 0.149 e. The summed E-state index contributed by atoms with van der Waals surface area (Å²) < 4.78 is 0. The average molecular weight is 238 g/mol. The summed E-state index contributed by atoms with van der Waals surface area (Å²) in [6.45, 7) is 7.34. The van der Waals surface area contributed by atoms with Gasteiger partial charge >= 0.3 is 0 Å². The van der Waals surface area contributed by atoms with Crippen LogP contribution in [0.4, 0.5) is 11.6 Å². The zero-order chi connectivity index (χ0) is 11.4. The van der Waals surface area contributed by atoms with Gasteiger partial charge in [-0.15, -0.1) is 0 Å². The van der Waals surface area contributed by atoms with E-state index in [4.69, 9.17) is 0 Å². The molecule has 0 aliphatic carbocycles. The fourth-order valence-corrected chi connectivity index (χ4v) is 2.81. The van der Waals surface area contributed by atoms with Crippen LogP contribution in [0.3, 0.4) is 0 Å². The van der Waals surface area contributed by atoms with Gasteiger partial charge in [0.05, 0.1) is 12.4 Å². The molecule has 0 bridgehead atoms. The zero-order valence-electron chi connectivity index (χ0n) is 9.81. The molecule has 16 heavy (non-hydrogen) atoms. The molecule has 0 amide bonds. The summed E-state index contributed by atoms with van der Waals surface area (Å²) in [6, 6.07) is 0. The third-order valence-electron chi connectivity index (χ3n) is 2.54. The number of nitrogens with one attached hydrogen (secondary N) is 1. The summed E-state index contributed by atoms with van der Waals surface area (Å²) in [5.41, 5.74) is 0. The third kappa shape index (κ3) is 2.78. The maximum absolute atomic E-state index is 4.56. The molecule has 4 nitrogen and oxygen atoms in total. The van der Waals surface area contributed by atoms with E-state index in [-0.39, 0.29) is 0 Å². The lowest BCUT2D eigenvalue weighted by Crippen LogP contribution is -2.37. The average Bonchev–Trinajstić information content (AvgIpc) is 2.30. The Hall–Kier alpha value is -0.970. The van der Waals surface area contributed by atoms with Crippen LogP contribution >= 0.6 is 11.8 Å². The molecule has 0 radical (unpaired) electrons. The fraction of sp³-hybridized carbons (Fsp3) is 0.636. The van der Waals surface area contributed by atoms with Crippen molar-refractivity contribution in [2.45, 2.75) is 19.1 Å². The van der Waals surface area contributed by atoms with Gasteiger partial charge in [-0.3, -0.25) is 4.98 Å². The highest BCUT2D eigenvalue weighted by Crippen LogP contribution is 2.22. The van der Waals surface area contributed by atoms with E-state index in [1.165, 1.54) is 5.75 Å². The van der Waals surface area contributed by atoms with Gasteiger partial charge in [0.25, 0.3) is 0 Å². The van der Waals surface area contributed by atoms with Gasteiger partial charge in [0, 0.05) is 30.6 Å². The molecule has 5 heteroatoms. The summed E-state index contributed by atoms with van der Waals surface area (Å²) in [6.07, 6.45) is 3.62. The molecule has 1 aromatic rings. The number of hydrogen-bond acceptors (Lipinski definition) is 5. The SMILES string of the molecule is CCNc1cncc(N2CCSC(C)C2)n1. The lowest BCUT2D eigenvalue weighted by Gasteiger charge is -2.31. The van der Waals surface area contributed by atoms with E-state index in [9.17, 15) is 0 Å². The van der Waals surface area contributed by atoms with Crippen LogP contribution in [0.15, 0.2) is 12.4 Å². The first kappa shape index (κ1) is 11.5. The number of aromatic nitrogens is 2. The Labute approximate surface area is 101 Å². The van der Waals surface area contributed by atoms with E-state index in [0.717, 1.165) is 31.3 Å². The molecule has 0 aromatic carbocycles. The van der Waals surface area contributed by atoms with E-state index in [1.807, 2.05) is 18.0 Å². The summed E-state index contributed by atoms with van der Waals surface area (Å²) in [4.78, 5) is 11.1. The van der Waals surface area contributed by atoms with Crippen LogP contribution < -0.4 is 10.2 Å². The molecule has 2 rings (SSSR count). The highest BCUT2D eigenvalue weighted by Gasteiger charge is 2.18. The van der Waals surface area contributed by atoms with Gasteiger partial charge in [0.1, 0.15) is 11.6 Å². The van der Waals surface area contributed by atoms with E-state index >= 15 is 0 Å². The molecule has 88 valence electrons. The van der Waals surface area contributed by atoms with Crippen LogP contribution in [0, 0.1) is 0 Å². The number of anilines is 2. The molecule has 1 aromatic heterocycles. The van der Waals surface area contributed by atoms with Gasteiger partial charge in [-0.1, -0.05) is 6.92 Å². The fourth-order valence-electron chi connectivity index (χ4n) is 1.80. The van der Waals surface area contributed by atoms with Crippen LogP contribution in [0.1, 0.15) is 13.8 Å². The van der Waals surface area contributed by atoms with Gasteiger partial charge in [0.15, 0.2) is 0 Å². The first-order valence-corrected chi connectivity index (χ1v) is 6.77. The summed E-state index contributed by atoms with van der Waals surface area (Å²) in [7, 11) is 0. The molecule has 1 N–H and O–H groups in total. The van der Waals surface area contributed by atoms with E-state index < -0.39 is 0 Å². The van der Waals surface area contributed by atoms with Crippen LogP contribution in [-0.2, 0) is 0 Å². The summed E-state index contributed by atoms with van der Waals surface area (Å²) in [5.74, 6) is 3.03. The second kappa shape index (κ2) is 5.39. The van der Waals surface area contributed by atoms with Crippen molar-refractivity contribution < 1.29 is 0 Å². The molecule has 2 heterocycles. The minimum atomic E-state index is 0.679. The molecule has 0 saturated carbocycles. The summed E-state index contributed by atoms with van der Waals surface area (Å²) in [5, 5.41) is 3.87. The van der Waals surface area contributed by atoms with Crippen molar-refractivity contribution in [1.82, 2.24) is 9.97 Å². The zero-order valence-corrected chi connectivity index (χ0v) is 10.6. The molecular weight excluding hydrogens is 220 g/mol. The Bertz CT molecular complexity index is 345. The highest BCUT2D eigenvalue weighted by molar-refractivity contribution is 8.00. The maximum atomic E-state index is 4.56. The first-order valence-electron chi connectivity index (χ1n) is 5.72. The van der Waals surface area contributed by atoms with Gasteiger partial charge < -0.3 is 10.2 Å². The van der Waals surface area contributed by atoms with Crippen molar-refractivity contribution >= 4 is 23.4 Å². The van der Waals surface area contributed by atoms with Gasteiger partial charge in [0.2, 0.25) is 0 Å². The Morgan fingerprint density at radius 1 is 1.56 bits per heavy atom. The molecule has 1 aliphatic rings. The van der Waals surface area contributed by atoms with Crippen LogP contribution in [0.2, 0.25) is 0 Å². The second-order valence-corrected chi connectivity index (χ2v) is 5.47. The van der Waals surface area contributed by atoms with E-state index in [0.29, 0.717) is 5.25 Å². The Kier molecular flexibility index (Phi) is 3.88. The molecular formula is C11H18N4S. The van der Waals surface area contributed by atoms with Crippen molar-refractivity contribution in [2.75, 3.05) is 35.6 Å². The van der Waals surface area contributed by atoms with Gasteiger partial charge in [-0.25, -0.2) is 4.98 Å². The normalized spacial score (nSPS) is 20.9. The number of hydrogen-bond donors (Lipinski definition) is 1. The predicted octanol–water partition coefficient (Wildman–Crippen LogP) is 1.85. The molecule has 1 saturated heterocycles. The van der Waals surface area contributed by atoms with Gasteiger partial charge in [-0.2, -0.15) is 11.8 Å². The van der Waals surface area contributed by atoms with Crippen molar-refractivity contribution in [2.24, 2.45) is 0 Å². The molecule has 1 unspecified atom stereocenters. The number of rotatable bonds is 3. The number of thioether (sulfide) groups is 1. The van der Waals surface area contributed by atoms with Crippen molar-refractivity contribution in [3.63, 3.8) is 0 Å². The first-order chi connectivity index (χ1) is 7.79. The quantitative estimate of drug-likeness (QED) is 0.870. The highest BCUT2D eigenvalue weighted by atomic mass is 32.2. The topological polar surface area (TPSA) is 41.1 Å². The monoisotopic (exact) mass is 238 g/mol. The minimum Gasteiger partial charge on any atom is -0.369 e. The van der Waals surface area contributed by atoms with Gasteiger partial charge in [-0.05, 0) is 6.92 Å². The molecule has 1 fully saturated rings. The molecule has 1 aliphatic heterocycles. The summed E-state index contributed by atoms with van der Waals surface area (Å²) >= 11 is 2.03. The number of nitrogens with zero attached hydrogens (tertiary/aromatic N) is 3. The predicted molar refractivity (Wildman–Crippen MR) is 70.3 cm³/mol. The van der Waals surface area contributed by atoms with Crippen molar-refractivity contribution in [3.05, 3.63) is 12.4 Å². The standard InChI is InChI=1S/C11H18N4S/c1-3-13-10-6-12-7-11(14-10)15-4-5-16-9(2)8-15/h6-7,9H,3-5,8H2,1-2H3,(H,13,14). The van der Waals surface area contributed by atoms with Crippen molar-refractivity contribution in [3.8, 4) is 0 Å². The van der Waals surface area contributed by atoms with Crippen LogP contribution in [0.25, 0.3) is 0 Å². The van der Waals surface area contributed by atoms with E-state index in [2.05, 4.69) is 34.0 Å². The van der Waals surface area contributed by atoms with Crippen LogP contribution in [-0.4, -0.2) is 40.6 Å². The molecule has 1 atom stereocenters. The lowest BCUT2D eigenvalue weighted by molar-refractivity contribution is 0.767. The second-order valence-electron chi connectivity index (χ2n) is 3.92. The Morgan fingerprint density at radius 3 is 3.19 bits per heavy atom. The Balaban J connectivity index is 2.09. The largest absolute Gasteiger partial charge is 0.369 e. The minimum absolute atomic E-state index is 0.679. The third-order valence-corrected chi connectivity index (χ3v) is 3.68. The lowest BCUT2D eigenvalue weighted by atomic mass is 10.4. The maximum Gasteiger partial charge on any atom is 0.149 e. The Morgan fingerprint density at radius 2 is 2.44 bits per heavy atom. The van der Waals surface area contributed by atoms with Crippen LogP contribution in [0.5, 0.6) is 0 Å². The van der Waals surface area contributed by atoms with Crippen molar-refractivity contribution in [1.29, 1.82) is 0 Å². The van der Waals surface area contributed by atoms with E-state index in [1.54, 1.807) is 6.20 Å².